The summed E-state index contributed by atoms with van der Waals surface area (Å²) in [5, 5.41) is 3.31. The number of H-pyrrole nitrogens is 1. The van der Waals surface area contributed by atoms with Crippen molar-refractivity contribution in [3.63, 3.8) is 0 Å². The lowest BCUT2D eigenvalue weighted by Gasteiger charge is -2.20. The van der Waals surface area contributed by atoms with E-state index in [1.807, 2.05) is 0 Å². The van der Waals surface area contributed by atoms with Crippen molar-refractivity contribution in [2.75, 3.05) is 39.3 Å². The highest BCUT2D eigenvalue weighted by Crippen LogP contribution is 2.24. The van der Waals surface area contributed by atoms with Crippen LogP contribution in [0.2, 0.25) is 0 Å². The van der Waals surface area contributed by atoms with Gasteiger partial charge in [0.25, 0.3) is 5.91 Å². The van der Waals surface area contributed by atoms with Crippen LogP contribution in [0.25, 0.3) is 10.9 Å². The Morgan fingerprint density at radius 1 is 1.09 bits per heavy atom. The monoisotopic (exact) mass is 462 g/mol. The summed E-state index contributed by atoms with van der Waals surface area (Å²) in [5.74, 6) is -0.370. The molecule has 1 aliphatic heterocycles. The minimum Gasteiger partial charge on any atom is -0.352 e. The number of nitrogens with one attached hydrogen (secondary N) is 2. The Bertz CT molecular complexity index is 1080. The molecule has 3 rings (SSSR count). The Balaban J connectivity index is 1.85. The molecule has 8 nitrogen and oxygen atoms in total. The molecule has 2 N–H and O–H groups in total. The highest BCUT2D eigenvalue weighted by molar-refractivity contribution is 7.89. The summed E-state index contributed by atoms with van der Waals surface area (Å²) in [6, 6.07) is 5.82. The van der Waals surface area contributed by atoms with E-state index in [2.05, 4.69) is 29.0 Å². The number of amides is 1. The van der Waals surface area contributed by atoms with Gasteiger partial charge in [0.2, 0.25) is 15.6 Å². The van der Waals surface area contributed by atoms with Crippen LogP contribution in [0, 0.1) is 0 Å². The highest BCUT2D eigenvalue weighted by atomic mass is 32.2. The smallest absolute Gasteiger partial charge is 0.252 e. The van der Waals surface area contributed by atoms with Crippen LogP contribution >= 0.6 is 0 Å². The maximum absolute atomic E-state index is 13.2. The van der Waals surface area contributed by atoms with Crippen LogP contribution in [0.4, 0.5) is 0 Å². The Hall–Kier alpha value is -2.23. The minimum atomic E-state index is -3.66. The summed E-state index contributed by atoms with van der Waals surface area (Å²) in [6.45, 7) is 8.48. The number of hydrogen-bond acceptors (Lipinski definition) is 5. The van der Waals surface area contributed by atoms with Gasteiger partial charge in [0.05, 0.1) is 10.5 Å². The van der Waals surface area contributed by atoms with Crippen LogP contribution in [0.3, 0.4) is 0 Å². The van der Waals surface area contributed by atoms with E-state index in [-0.39, 0.29) is 16.4 Å². The molecule has 1 aromatic carbocycles. The van der Waals surface area contributed by atoms with Gasteiger partial charge in [0.15, 0.2) is 0 Å². The maximum Gasteiger partial charge on any atom is 0.252 e. The van der Waals surface area contributed by atoms with Crippen molar-refractivity contribution < 1.29 is 13.2 Å². The van der Waals surface area contributed by atoms with E-state index in [4.69, 9.17) is 0 Å². The number of carbonyl (C=O) groups is 1. The molecular formula is C23H34N4O4S. The zero-order valence-corrected chi connectivity index (χ0v) is 19.8. The van der Waals surface area contributed by atoms with E-state index in [0.717, 1.165) is 51.7 Å². The molecule has 0 saturated carbocycles. The molecular weight excluding hydrogens is 428 g/mol. The quantitative estimate of drug-likeness (QED) is 0.558. The molecule has 1 aliphatic rings. The van der Waals surface area contributed by atoms with Gasteiger partial charge >= 0.3 is 0 Å². The topological polar surface area (TPSA) is 103 Å². The molecule has 9 heteroatoms. The first-order valence-electron chi connectivity index (χ1n) is 11.5. The lowest BCUT2D eigenvalue weighted by molar-refractivity contribution is 0.0953. The molecule has 0 spiro atoms. The fraction of sp³-hybridized carbons (Fsp3) is 0.565. The lowest BCUT2D eigenvalue weighted by atomic mass is 10.1. The number of rotatable bonds is 9. The number of pyridine rings is 1. The Labute approximate surface area is 190 Å². The normalized spacial score (nSPS) is 15.7. The van der Waals surface area contributed by atoms with E-state index in [0.29, 0.717) is 30.5 Å². The van der Waals surface area contributed by atoms with Gasteiger partial charge in [-0.05, 0) is 57.1 Å². The number of aromatic nitrogens is 1. The van der Waals surface area contributed by atoms with E-state index < -0.39 is 15.6 Å². The van der Waals surface area contributed by atoms with Crippen molar-refractivity contribution >= 4 is 26.8 Å². The molecule has 1 fully saturated rings. The van der Waals surface area contributed by atoms with Crippen molar-refractivity contribution in [1.29, 1.82) is 0 Å². The number of benzene rings is 1. The van der Waals surface area contributed by atoms with Gasteiger partial charge < -0.3 is 15.2 Å². The number of carbonyl (C=O) groups excluding carboxylic acids is 1. The standard InChI is InChI=1S/C23H34N4O4S/c1-3-26(4-2)13-9-12-24-23(29)20-17-22(28)25-21-11-10-18(16-19(20)21)32(30,31)27-14-7-5-6-8-15-27/h10-11,16-17H,3-9,12-15H2,1-2H3,(H,24,29)(H,25,28). The first-order valence-corrected chi connectivity index (χ1v) is 13.0. The molecule has 0 radical (unpaired) electrons. The largest absolute Gasteiger partial charge is 0.352 e. The predicted molar refractivity (Wildman–Crippen MR) is 127 cm³/mol. The summed E-state index contributed by atoms with van der Waals surface area (Å²) >= 11 is 0. The van der Waals surface area contributed by atoms with Gasteiger partial charge in [-0.2, -0.15) is 4.31 Å². The number of sulfonamides is 1. The van der Waals surface area contributed by atoms with E-state index in [1.54, 1.807) is 6.07 Å². The van der Waals surface area contributed by atoms with Gasteiger partial charge in [-0.3, -0.25) is 9.59 Å². The van der Waals surface area contributed by atoms with Gasteiger partial charge in [-0.1, -0.05) is 26.7 Å². The minimum absolute atomic E-state index is 0.148. The molecule has 0 bridgehead atoms. The van der Waals surface area contributed by atoms with Gasteiger partial charge in [-0.15, -0.1) is 0 Å². The number of hydrogen-bond donors (Lipinski definition) is 2. The van der Waals surface area contributed by atoms with Crippen LogP contribution in [0.5, 0.6) is 0 Å². The fourth-order valence-electron chi connectivity index (χ4n) is 4.15. The highest BCUT2D eigenvalue weighted by Gasteiger charge is 2.26. The first-order chi connectivity index (χ1) is 15.4. The molecule has 1 aromatic heterocycles. The van der Waals surface area contributed by atoms with Crippen molar-refractivity contribution in [3.8, 4) is 0 Å². The third-order valence-electron chi connectivity index (χ3n) is 6.09. The van der Waals surface area contributed by atoms with Crippen molar-refractivity contribution in [3.05, 3.63) is 40.2 Å². The molecule has 2 aromatic rings. The van der Waals surface area contributed by atoms with Gasteiger partial charge in [-0.25, -0.2) is 8.42 Å². The fourth-order valence-corrected chi connectivity index (χ4v) is 5.70. The summed E-state index contributed by atoms with van der Waals surface area (Å²) in [4.78, 5) is 30.1. The summed E-state index contributed by atoms with van der Waals surface area (Å²) in [6.07, 6.45) is 4.55. The second-order valence-electron chi connectivity index (χ2n) is 8.21. The summed E-state index contributed by atoms with van der Waals surface area (Å²) in [7, 11) is -3.66. The van der Waals surface area contributed by atoms with E-state index in [1.165, 1.54) is 22.5 Å². The molecule has 0 aliphatic carbocycles. The first kappa shape index (κ1) is 24.4. The molecule has 1 saturated heterocycles. The van der Waals surface area contributed by atoms with Crippen molar-refractivity contribution in [1.82, 2.24) is 19.5 Å². The average Bonchev–Trinajstić information content (AvgIpc) is 3.08. The molecule has 32 heavy (non-hydrogen) atoms. The van der Waals surface area contributed by atoms with E-state index >= 15 is 0 Å². The number of aromatic amines is 1. The third kappa shape index (κ3) is 5.76. The molecule has 176 valence electrons. The second-order valence-corrected chi connectivity index (χ2v) is 10.1. The van der Waals surface area contributed by atoms with Gasteiger partial charge in [0, 0.05) is 36.6 Å². The number of nitrogens with zero attached hydrogens (tertiary/aromatic N) is 2. The zero-order valence-electron chi connectivity index (χ0n) is 19.0. The van der Waals surface area contributed by atoms with Crippen LogP contribution < -0.4 is 10.9 Å². The van der Waals surface area contributed by atoms with Crippen LogP contribution in [0.15, 0.2) is 34.0 Å². The molecule has 0 atom stereocenters. The SMILES string of the molecule is CCN(CC)CCCNC(=O)c1cc(=O)[nH]c2ccc(S(=O)(=O)N3CCCCCC3)cc12. The van der Waals surface area contributed by atoms with Gasteiger partial charge in [0.1, 0.15) is 0 Å². The van der Waals surface area contributed by atoms with Crippen LogP contribution in [-0.2, 0) is 10.0 Å². The second kappa shape index (κ2) is 11.1. The Morgan fingerprint density at radius 3 is 2.44 bits per heavy atom. The lowest BCUT2D eigenvalue weighted by Crippen LogP contribution is -2.32. The van der Waals surface area contributed by atoms with Crippen LogP contribution in [0.1, 0.15) is 56.3 Å². The van der Waals surface area contributed by atoms with Crippen LogP contribution in [-0.4, -0.2) is 67.8 Å². The molecule has 0 unspecified atom stereocenters. The summed E-state index contributed by atoms with van der Waals surface area (Å²) < 4.78 is 28.0. The third-order valence-corrected chi connectivity index (χ3v) is 7.99. The zero-order chi connectivity index (χ0) is 23.1. The molecule has 2 heterocycles. The summed E-state index contributed by atoms with van der Waals surface area (Å²) in [5.41, 5.74) is 0.244. The Morgan fingerprint density at radius 2 is 1.78 bits per heavy atom. The predicted octanol–water partition coefficient (Wildman–Crippen LogP) is 2.55. The van der Waals surface area contributed by atoms with E-state index in [9.17, 15) is 18.0 Å². The number of fused-ring (bicyclic) bond motifs is 1. The maximum atomic E-state index is 13.2. The average molecular weight is 463 g/mol. The van der Waals surface area contributed by atoms with Crippen molar-refractivity contribution in [2.45, 2.75) is 50.8 Å². The molecule has 1 amide bonds. The Kier molecular flexibility index (Phi) is 8.44. The van der Waals surface area contributed by atoms with Crippen molar-refractivity contribution in [2.24, 2.45) is 0 Å².